The number of carbonyl (C=O) groups is 1. The maximum Gasteiger partial charge on any atom is 0.244 e. The Bertz CT molecular complexity index is 433. The van der Waals surface area contributed by atoms with E-state index in [1.807, 2.05) is 26.0 Å². The van der Waals surface area contributed by atoms with Crippen LogP contribution in [0.3, 0.4) is 0 Å². The molecule has 1 amide bonds. The number of amides is 1. The van der Waals surface area contributed by atoms with Crippen LogP contribution in [0.2, 0.25) is 5.02 Å². The number of rotatable bonds is 3. The summed E-state index contributed by atoms with van der Waals surface area (Å²) in [5.74, 6) is 0.0266. The van der Waals surface area contributed by atoms with E-state index in [0.29, 0.717) is 5.02 Å². The fraction of sp³-hybridized carbons (Fsp3) is 0.500. The van der Waals surface area contributed by atoms with Gasteiger partial charge in [0.1, 0.15) is 0 Å². The van der Waals surface area contributed by atoms with Crippen molar-refractivity contribution < 1.29 is 4.79 Å². The maximum atomic E-state index is 12.4. The molecule has 1 aromatic carbocycles. The number of carbonyl (C=O) groups excluding carboxylic acids is 1. The van der Waals surface area contributed by atoms with Crippen LogP contribution < -0.4 is 10.6 Å². The van der Waals surface area contributed by atoms with E-state index in [9.17, 15) is 4.79 Å². The average Bonchev–Trinajstić information content (AvgIpc) is 2.84. The van der Waals surface area contributed by atoms with Gasteiger partial charge in [-0.15, -0.1) is 0 Å². The standard InChI is InChI=1S/C14H19ClN2O/c1-3-14(8-5-9-16-14)13(18)17-12-10(2)6-4-7-11(12)15/h4,6-7,16H,3,5,8-9H2,1-2H3,(H,17,18). The monoisotopic (exact) mass is 266 g/mol. The van der Waals surface area contributed by atoms with Gasteiger partial charge in [-0.1, -0.05) is 30.7 Å². The summed E-state index contributed by atoms with van der Waals surface area (Å²) < 4.78 is 0. The van der Waals surface area contributed by atoms with Crippen LogP contribution in [0, 0.1) is 6.92 Å². The molecule has 1 aliphatic heterocycles. The molecular weight excluding hydrogens is 248 g/mol. The highest BCUT2D eigenvalue weighted by Gasteiger charge is 2.39. The number of halogens is 1. The van der Waals surface area contributed by atoms with Gasteiger partial charge in [0.25, 0.3) is 0 Å². The largest absolute Gasteiger partial charge is 0.323 e. The second-order valence-electron chi connectivity index (χ2n) is 4.85. The molecule has 0 aliphatic carbocycles. The highest BCUT2D eigenvalue weighted by molar-refractivity contribution is 6.34. The lowest BCUT2D eigenvalue weighted by atomic mass is 9.93. The predicted molar refractivity (Wildman–Crippen MR) is 75.1 cm³/mol. The van der Waals surface area contributed by atoms with Crippen molar-refractivity contribution in [1.29, 1.82) is 0 Å². The number of hydrogen-bond acceptors (Lipinski definition) is 2. The minimum atomic E-state index is -0.425. The molecule has 0 bridgehead atoms. The van der Waals surface area contributed by atoms with E-state index in [-0.39, 0.29) is 5.91 Å². The number of benzene rings is 1. The second kappa shape index (κ2) is 5.29. The molecule has 4 heteroatoms. The zero-order valence-electron chi connectivity index (χ0n) is 10.8. The molecule has 1 fully saturated rings. The third-order valence-electron chi connectivity index (χ3n) is 3.74. The molecule has 1 aromatic rings. The van der Waals surface area contributed by atoms with E-state index < -0.39 is 5.54 Å². The zero-order chi connectivity index (χ0) is 13.2. The van der Waals surface area contributed by atoms with Crippen molar-refractivity contribution in [2.45, 2.75) is 38.6 Å². The van der Waals surface area contributed by atoms with Crippen LogP contribution in [0.25, 0.3) is 0 Å². The molecule has 1 heterocycles. The number of para-hydroxylation sites is 1. The van der Waals surface area contributed by atoms with Crippen molar-refractivity contribution >= 4 is 23.2 Å². The van der Waals surface area contributed by atoms with Gasteiger partial charge in [-0.25, -0.2) is 0 Å². The molecule has 0 aromatic heterocycles. The first kappa shape index (κ1) is 13.4. The molecule has 1 atom stereocenters. The molecule has 3 nitrogen and oxygen atoms in total. The predicted octanol–water partition coefficient (Wildman–Crippen LogP) is 3.12. The SMILES string of the molecule is CCC1(C(=O)Nc2c(C)cccc2Cl)CCCN1. The van der Waals surface area contributed by atoms with Crippen molar-refractivity contribution in [3.63, 3.8) is 0 Å². The van der Waals surface area contributed by atoms with Gasteiger partial charge in [0, 0.05) is 0 Å². The van der Waals surface area contributed by atoms with Gasteiger partial charge in [-0.2, -0.15) is 0 Å². The van der Waals surface area contributed by atoms with Crippen molar-refractivity contribution in [1.82, 2.24) is 5.32 Å². The zero-order valence-corrected chi connectivity index (χ0v) is 11.6. The Balaban J connectivity index is 2.21. The van der Waals surface area contributed by atoms with Crippen LogP contribution in [0.5, 0.6) is 0 Å². The lowest BCUT2D eigenvalue weighted by Gasteiger charge is -2.27. The highest BCUT2D eigenvalue weighted by Crippen LogP contribution is 2.29. The van der Waals surface area contributed by atoms with Crippen molar-refractivity contribution in [2.75, 3.05) is 11.9 Å². The third-order valence-corrected chi connectivity index (χ3v) is 4.06. The normalized spacial score (nSPS) is 23.1. The molecule has 98 valence electrons. The molecule has 1 saturated heterocycles. The van der Waals surface area contributed by atoms with Crippen molar-refractivity contribution in [3.05, 3.63) is 28.8 Å². The van der Waals surface area contributed by atoms with Crippen molar-refractivity contribution in [3.8, 4) is 0 Å². The summed E-state index contributed by atoms with van der Waals surface area (Å²) in [7, 11) is 0. The van der Waals surface area contributed by atoms with Crippen LogP contribution in [0.1, 0.15) is 31.7 Å². The quantitative estimate of drug-likeness (QED) is 0.883. The second-order valence-corrected chi connectivity index (χ2v) is 5.26. The number of aryl methyl sites for hydroxylation is 1. The molecular formula is C14H19ClN2O. The molecule has 1 aliphatic rings. The topological polar surface area (TPSA) is 41.1 Å². The van der Waals surface area contributed by atoms with E-state index >= 15 is 0 Å². The summed E-state index contributed by atoms with van der Waals surface area (Å²) in [5.41, 5.74) is 1.29. The molecule has 0 saturated carbocycles. The Labute approximate surface area is 113 Å². The molecule has 18 heavy (non-hydrogen) atoms. The summed E-state index contributed by atoms with van der Waals surface area (Å²) in [6.07, 6.45) is 2.73. The Morgan fingerprint density at radius 1 is 1.56 bits per heavy atom. The van der Waals surface area contributed by atoms with Crippen LogP contribution in [0.4, 0.5) is 5.69 Å². The molecule has 2 rings (SSSR count). The van der Waals surface area contributed by atoms with Gasteiger partial charge in [0.2, 0.25) is 5.91 Å². The minimum absolute atomic E-state index is 0.0266. The Hall–Kier alpha value is -1.06. The summed E-state index contributed by atoms with van der Waals surface area (Å²) in [5, 5.41) is 6.89. The number of nitrogens with one attached hydrogen (secondary N) is 2. The number of hydrogen-bond donors (Lipinski definition) is 2. The molecule has 1 unspecified atom stereocenters. The Morgan fingerprint density at radius 2 is 2.33 bits per heavy atom. The van der Waals surface area contributed by atoms with Gasteiger partial charge in [0.15, 0.2) is 0 Å². The summed E-state index contributed by atoms with van der Waals surface area (Å²) >= 11 is 6.13. The van der Waals surface area contributed by atoms with Gasteiger partial charge < -0.3 is 10.6 Å². The highest BCUT2D eigenvalue weighted by atomic mass is 35.5. The maximum absolute atomic E-state index is 12.4. The van der Waals surface area contributed by atoms with E-state index in [4.69, 9.17) is 11.6 Å². The average molecular weight is 267 g/mol. The minimum Gasteiger partial charge on any atom is -0.323 e. The first-order valence-corrected chi connectivity index (χ1v) is 6.78. The lowest BCUT2D eigenvalue weighted by molar-refractivity contribution is -0.122. The van der Waals surface area contributed by atoms with E-state index in [0.717, 1.165) is 37.1 Å². The van der Waals surface area contributed by atoms with Gasteiger partial charge in [0.05, 0.1) is 16.2 Å². The summed E-state index contributed by atoms with van der Waals surface area (Å²) in [6, 6.07) is 5.63. The van der Waals surface area contributed by atoms with E-state index in [1.54, 1.807) is 6.07 Å². The summed E-state index contributed by atoms with van der Waals surface area (Å²) in [6.45, 7) is 4.89. The molecule has 0 radical (unpaired) electrons. The lowest BCUT2D eigenvalue weighted by Crippen LogP contribution is -2.50. The van der Waals surface area contributed by atoms with Crippen LogP contribution in [-0.4, -0.2) is 18.0 Å². The van der Waals surface area contributed by atoms with Crippen LogP contribution in [-0.2, 0) is 4.79 Å². The van der Waals surface area contributed by atoms with Gasteiger partial charge in [-0.05, 0) is 44.4 Å². The van der Waals surface area contributed by atoms with Gasteiger partial charge >= 0.3 is 0 Å². The van der Waals surface area contributed by atoms with Gasteiger partial charge in [-0.3, -0.25) is 4.79 Å². The fourth-order valence-electron chi connectivity index (χ4n) is 2.49. The van der Waals surface area contributed by atoms with Crippen LogP contribution in [0.15, 0.2) is 18.2 Å². The first-order valence-electron chi connectivity index (χ1n) is 6.40. The molecule has 0 spiro atoms. The first-order chi connectivity index (χ1) is 8.59. The van der Waals surface area contributed by atoms with Crippen LogP contribution >= 0.6 is 11.6 Å². The third kappa shape index (κ3) is 2.38. The Kier molecular flexibility index (Phi) is 3.93. The fourth-order valence-corrected chi connectivity index (χ4v) is 2.75. The molecule has 2 N–H and O–H groups in total. The summed E-state index contributed by atoms with van der Waals surface area (Å²) in [4.78, 5) is 12.4. The number of anilines is 1. The van der Waals surface area contributed by atoms with Crippen molar-refractivity contribution in [2.24, 2.45) is 0 Å². The van der Waals surface area contributed by atoms with E-state index in [1.165, 1.54) is 0 Å². The smallest absolute Gasteiger partial charge is 0.244 e. The Morgan fingerprint density at radius 3 is 2.89 bits per heavy atom. The van der Waals surface area contributed by atoms with E-state index in [2.05, 4.69) is 10.6 Å².